The molecule has 0 aromatic heterocycles. The number of benzene rings is 1. The summed E-state index contributed by atoms with van der Waals surface area (Å²) in [4.78, 5) is 0. The maximum Gasteiger partial charge on any atom is 0.162 e. The third-order valence-corrected chi connectivity index (χ3v) is 3.79. The van der Waals surface area contributed by atoms with Gasteiger partial charge < -0.3 is 5.73 Å². The molecule has 2 unspecified atom stereocenters. The van der Waals surface area contributed by atoms with Gasteiger partial charge in [-0.05, 0) is 18.5 Å². The highest BCUT2D eigenvalue weighted by atomic mass is 32.2. The number of hydrogen-bond donors (Lipinski definition) is 1. The Hall–Kier alpha value is -0.810. The van der Waals surface area contributed by atoms with Crippen LogP contribution in [0.4, 0.5) is 8.78 Å². The first-order valence-electron chi connectivity index (χ1n) is 5.02. The number of hydrogen-bond acceptors (Lipinski definition) is 2. The van der Waals surface area contributed by atoms with Crippen molar-refractivity contribution in [1.29, 1.82) is 0 Å². The molecule has 1 aromatic carbocycles. The van der Waals surface area contributed by atoms with E-state index in [9.17, 15) is 13.0 Å². The summed E-state index contributed by atoms with van der Waals surface area (Å²) in [6.07, 6.45) is 0. The van der Waals surface area contributed by atoms with E-state index in [1.165, 1.54) is 12.1 Å². The summed E-state index contributed by atoms with van der Waals surface area (Å²) < 4.78 is 37.7. The number of halogens is 2. The minimum absolute atomic E-state index is 0.0356. The molecule has 0 aliphatic rings. The summed E-state index contributed by atoms with van der Waals surface area (Å²) in [5, 5.41) is 0. The fraction of sp³-hybridized carbons (Fsp3) is 0.455. The van der Waals surface area contributed by atoms with Crippen LogP contribution in [-0.2, 0) is 16.6 Å². The van der Waals surface area contributed by atoms with Crippen LogP contribution in [-0.4, -0.2) is 16.5 Å². The van der Waals surface area contributed by atoms with Crippen LogP contribution in [0.25, 0.3) is 0 Å². The second kappa shape index (κ2) is 6.06. The minimum atomic E-state index is -1.21. The van der Waals surface area contributed by atoms with E-state index < -0.39 is 22.4 Å². The molecule has 2 atom stereocenters. The minimum Gasteiger partial charge on any atom is -0.330 e. The molecule has 16 heavy (non-hydrogen) atoms. The van der Waals surface area contributed by atoms with Gasteiger partial charge in [-0.2, -0.15) is 0 Å². The Bertz CT molecular complexity index is 384. The Morgan fingerprint density at radius 2 is 2.12 bits per heavy atom. The molecule has 0 aliphatic carbocycles. The molecule has 0 radical (unpaired) electrons. The smallest absolute Gasteiger partial charge is 0.162 e. The van der Waals surface area contributed by atoms with E-state index in [1.807, 2.05) is 6.92 Å². The van der Waals surface area contributed by atoms with E-state index in [-0.39, 0.29) is 17.2 Å². The van der Waals surface area contributed by atoms with Gasteiger partial charge in [0, 0.05) is 22.1 Å². The lowest BCUT2D eigenvalue weighted by Gasteiger charge is -2.08. The SMILES string of the molecule is CC(CN)CS(=O)Cc1cccc(F)c1F. The molecule has 2 N–H and O–H groups in total. The van der Waals surface area contributed by atoms with Crippen molar-refractivity contribution in [3.63, 3.8) is 0 Å². The molecule has 0 bridgehead atoms. The molecular weight excluding hydrogens is 232 g/mol. The molecule has 2 nitrogen and oxygen atoms in total. The third kappa shape index (κ3) is 3.64. The predicted molar refractivity (Wildman–Crippen MR) is 61.3 cm³/mol. The molecule has 0 aliphatic heterocycles. The van der Waals surface area contributed by atoms with E-state index in [2.05, 4.69) is 0 Å². The van der Waals surface area contributed by atoms with E-state index in [4.69, 9.17) is 5.73 Å². The standard InChI is InChI=1S/C11H15F2NOS/c1-8(5-14)6-16(15)7-9-3-2-4-10(12)11(9)13/h2-4,8H,5-7,14H2,1H3. The van der Waals surface area contributed by atoms with Gasteiger partial charge in [-0.3, -0.25) is 4.21 Å². The average Bonchev–Trinajstić information content (AvgIpc) is 2.24. The van der Waals surface area contributed by atoms with Gasteiger partial charge in [-0.25, -0.2) is 8.78 Å². The lowest BCUT2D eigenvalue weighted by atomic mass is 10.2. The zero-order valence-electron chi connectivity index (χ0n) is 9.08. The van der Waals surface area contributed by atoms with Crippen molar-refractivity contribution < 1.29 is 13.0 Å². The maximum absolute atomic E-state index is 13.2. The summed E-state index contributed by atoms with van der Waals surface area (Å²) in [6, 6.07) is 3.91. The maximum atomic E-state index is 13.2. The fourth-order valence-corrected chi connectivity index (χ4v) is 2.74. The van der Waals surface area contributed by atoms with Crippen LogP contribution in [0.1, 0.15) is 12.5 Å². The van der Waals surface area contributed by atoms with Crippen LogP contribution in [0.3, 0.4) is 0 Å². The normalized spacial score (nSPS) is 14.8. The van der Waals surface area contributed by atoms with Crippen LogP contribution in [0.2, 0.25) is 0 Å². The van der Waals surface area contributed by atoms with E-state index >= 15 is 0 Å². The van der Waals surface area contributed by atoms with Crippen LogP contribution >= 0.6 is 0 Å². The molecule has 0 amide bonds. The van der Waals surface area contributed by atoms with E-state index in [1.54, 1.807) is 0 Å². The van der Waals surface area contributed by atoms with Gasteiger partial charge in [-0.15, -0.1) is 0 Å². The molecule has 0 saturated heterocycles. The zero-order valence-corrected chi connectivity index (χ0v) is 9.90. The topological polar surface area (TPSA) is 43.1 Å². The van der Waals surface area contributed by atoms with Crippen molar-refractivity contribution >= 4 is 10.8 Å². The van der Waals surface area contributed by atoms with Crippen LogP contribution in [0.15, 0.2) is 18.2 Å². The third-order valence-electron chi connectivity index (χ3n) is 2.22. The first kappa shape index (κ1) is 13.3. The van der Waals surface area contributed by atoms with Crippen molar-refractivity contribution in [3.05, 3.63) is 35.4 Å². The Kier molecular flexibility index (Phi) is 5.02. The van der Waals surface area contributed by atoms with Gasteiger partial charge in [0.25, 0.3) is 0 Å². The summed E-state index contributed by atoms with van der Waals surface area (Å²) in [6.45, 7) is 2.32. The Morgan fingerprint density at radius 1 is 1.44 bits per heavy atom. The molecule has 5 heteroatoms. The quantitative estimate of drug-likeness (QED) is 0.862. The first-order chi connectivity index (χ1) is 7.54. The van der Waals surface area contributed by atoms with E-state index in [0.29, 0.717) is 12.3 Å². The average molecular weight is 247 g/mol. The summed E-state index contributed by atoms with van der Waals surface area (Å²) >= 11 is 0. The van der Waals surface area contributed by atoms with Gasteiger partial charge in [0.15, 0.2) is 11.6 Å². The molecule has 0 saturated carbocycles. The summed E-state index contributed by atoms with van der Waals surface area (Å²) in [5.41, 5.74) is 5.55. The van der Waals surface area contributed by atoms with Crippen molar-refractivity contribution in [1.82, 2.24) is 0 Å². The second-order valence-corrected chi connectivity index (χ2v) is 5.31. The molecule has 0 spiro atoms. The molecule has 0 heterocycles. The van der Waals surface area contributed by atoms with Gasteiger partial charge in [0.1, 0.15) is 0 Å². The monoisotopic (exact) mass is 247 g/mol. The molecule has 90 valence electrons. The van der Waals surface area contributed by atoms with Crippen LogP contribution in [0, 0.1) is 17.6 Å². The van der Waals surface area contributed by atoms with E-state index in [0.717, 1.165) is 6.07 Å². The summed E-state index contributed by atoms with van der Waals surface area (Å²) in [5.74, 6) is -1.24. The summed E-state index contributed by atoms with van der Waals surface area (Å²) in [7, 11) is -1.21. The molecule has 1 rings (SSSR count). The van der Waals surface area contributed by atoms with Crippen molar-refractivity contribution in [2.45, 2.75) is 12.7 Å². The zero-order chi connectivity index (χ0) is 12.1. The fourth-order valence-electron chi connectivity index (χ4n) is 1.28. The Labute approximate surface area is 96.3 Å². The van der Waals surface area contributed by atoms with Crippen LogP contribution < -0.4 is 5.73 Å². The lowest BCUT2D eigenvalue weighted by Crippen LogP contribution is -2.18. The highest BCUT2D eigenvalue weighted by Crippen LogP contribution is 2.14. The Morgan fingerprint density at radius 3 is 2.75 bits per heavy atom. The van der Waals surface area contributed by atoms with Gasteiger partial charge in [0.05, 0.1) is 5.75 Å². The van der Waals surface area contributed by atoms with Gasteiger partial charge >= 0.3 is 0 Å². The second-order valence-electron chi connectivity index (χ2n) is 3.80. The van der Waals surface area contributed by atoms with Gasteiger partial charge in [0.2, 0.25) is 0 Å². The largest absolute Gasteiger partial charge is 0.330 e. The molecular formula is C11H15F2NOS. The predicted octanol–water partition coefficient (Wildman–Crippen LogP) is 1.81. The number of rotatable bonds is 5. The highest BCUT2D eigenvalue weighted by molar-refractivity contribution is 7.84. The van der Waals surface area contributed by atoms with Crippen molar-refractivity contribution in [3.8, 4) is 0 Å². The molecule has 1 aromatic rings. The molecule has 0 fully saturated rings. The Balaban J connectivity index is 2.66. The first-order valence-corrected chi connectivity index (χ1v) is 6.51. The lowest BCUT2D eigenvalue weighted by molar-refractivity contribution is 0.502. The number of nitrogens with two attached hydrogens (primary N) is 1. The van der Waals surface area contributed by atoms with Gasteiger partial charge in [-0.1, -0.05) is 19.1 Å². The highest BCUT2D eigenvalue weighted by Gasteiger charge is 2.12. The van der Waals surface area contributed by atoms with Crippen molar-refractivity contribution in [2.24, 2.45) is 11.7 Å². The van der Waals surface area contributed by atoms with Crippen molar-refractivity contribution in [2.75, 3.05) is 12.3 Å². The van der Waals surface area contributed by atoms with Crippen LogP contribution in [0.5, 0.6) is 0 Å².